The van der Waals surface area contributed by atoms with Crippen LogP contribution in [0.3, 0.4) is 0 Å². The predicted octanol–water partition coefficient (Wildman–Crippen LogP) is 1.41. The number of nitrogens with zero attached hydrogens (tertiary/aromatic N) is 2. The molecular weight excluding hydrogens is 372 g/mol. The summed E-state index contributed by atoms with van der Waals surface area (Å²) in [5.74, 6) is 0.100. The van der Waals surface area contributed by atoms with Crippen molar-refractivity contribution in [3.63, 3.8) is 0 Å². The van der Waals surface area contributed by atoms with E-state index in [4.69, 9.17) is 17.0 Å². The topological polar surface area (TPSA) is 56.8 Å². The van der Waals surface area contributed by atoms with Crippen LogP contribution in [0, 0.1) is 0 Å². The number of benzene rings is 1. The maximum atomic E-state index is 12.3. The maximum absolute atomic E-state index is 12.3. The van der Waals surface area contributed by atoms with Gasteiger partial charge in [0.05, 0.1) is 12.6 Å². The largest absolute Gasteiger partial charge is 0.376 e. The van der Waals surface area contributed by atoms with Crippen LogP contribution in [-0.2, 0) is 16.0 Å². The van der Waals surface area contributed by atoms with Gasteiger partial charge in [0.2, 0.25) is 5.91 Å². The molecule has 2 N–H and O–H groups in total. The molecule has 1 atom stereocenters. The van der Waals surface area contributed by atoms with Crippen molar-refractivity contribution in [2.45, 2.75) is 31.8 Å². The Hall–Kier alpha value is -1.70. The van der Waals surface area contributed by atoms with Crippen molar-refractivity contribution in [2.75, 3.05) is 52.4 Å². The number of ether oxygens (including phenoxy) is 1. The smallest absolute Gasteiger partial charge is 0.234 e. The number of nitrogens with one attached hydrogen (secondary N) is 2. The minimum atomic E-state index is 0.100. The average Bonchev–Trinajstić information content (AvgIpc) is 3.12. The van der Waals surface area contributed by atoms with Gasteiger partial charge in [-0.1, -0.05) is 30.3 Å². The Balaban J connectivity index is 1.32. The summed E-state index contributed by atoms with van der Waals surface area (Å²) in [6.45, 7) is 6.37. The molecule has 154 valence electrons. The van der Waals surface area contributed by atoms with Gasteiger partial charge in [-0.3, -0.25) is 9.69 Å². The van der Waals surface area contributed by atoms with Gasteiger partial charge in [0.1, 0.15) is 0 Å². The third kappa shape index (κ3) is 7.04. The first-order valence-corrected chi connectivity index (χ1v) is 10.8. The van der Waals surface area contributed by atoms with Gasteiger partial charge >= 0.3 is 0 Å². The number of carbonyl (C=O) groups excluding carboxylic acids is 1. The van der Waals surface area contributed by atoms with Crippen molar-refractivity contribution in [1.29, 1.82) is 0 Å². The Morgan fingerprint density at radius 1 is 1.11 bits per heavy atom. The van der Waals surface area contributed by atoms with E-state index < -0.39 is 0 Å². The number of amides is 1. The number of hydrogen-bond donors (Lipinski definition) is 2. The molecule has 7 heteroatoms. The van der Waals surface area contributed by atoms with Gasteiger partial charge in [-0.05, 0) is 43.5 Å². The fourth-order valence-corrected chi connectivity index (χ4v) is 3.97. The van der Waals surface area contributed by atoms with Crippen LogP contribution in [0.25, 0.3) is 0 Å². The van der Waals surface area contributed by atoms with Crippen molar-refractivity contribution in [3.8, 4) is 0 Å². The van der Waals surface area contributed by atoms with Crippen LogP contribution < -0.4 is 10.6 Å². The zero-order valence-electron chi connectivity index (χ0n) is 16.6. The van der Waals surface area contributed by atoms with Crippen molar-refractivity contribution in [3.05, 3.63) is 35.9 Å². The number of rotatable bonds is 7. The molecule has 6 nitrogen and oxygen atoms in total. The van der Waals surface area contributed by atoms with Crippen LogP contribution >= 0.6 is 12.2 Å². The molecule has 0 radical (unpaired) electrons. The molecule has 0 aromatic heterocycles. The van der Waals surface area contributed by atoms with E-state index in [2.05, 4.69) is 32.6 Å². The van der Waals surface area contributed by atoms with E-state index in [0.717, 1.165) is 70.1 Å². The summed E-state index contributed by atoms with van der Waals surface area (Å²) in [6.07, 6.45) is 4.43. The van der Waals surface area contributed by atoms with Crippen LogP contribution in [0.2, 0.25) is 0 Å². The highest BCUT2D eigenvalue weighted by Crippen LogP contribution is 2.11. The second-order valence-corrected chi connectivity index (χ2v) is 7.91. The highest BCUT2D eigenvalue weighted by molar-refractivity contribution is 7.80. The normalized spacial score (nSPS) is 20.6. The molecule has 1 amide bonds. The first-order chi connectivity index (χ1) is 13.7. The Kier molecular flexibility index (Phi) is 8.51. The Labute approximate surface area is 173 Å². The summed E-state index contributed by atoms with van der Waals surface area (Å²) in [5, 5.41) is 7.20. The molecule has 0 spiro atoms. The zero-order valence-corrected chi connectivity index (χ0v) is 17.4. The molecule has 2 fully saturated rings. The lowest BCUT2D eigenvalue weighted by atomic mass is 10.1. The fourth-order valence-electron chi connectivity index (χ4n) is 3.70. The van der Waals surface area contributed by atoms with Gasteiger partial charge in [0.25, 0.3) is 0 Å². The lowest BCUT2D eigenvalue weighted by molar-refractivity contribution is -0.122. The second-order valence-electron chi connectivity index (χ2n) is 7.52. The lowest BCUT2D eigenvalue weighted by Gasteiger charge is -2.25. The molecule has 1 aromatic carbocycles. The van der Waals surface area contributed by atoms with Gasteiger partial charge < -0.3 is 20.3 Å². The minimum absolute atomic E-state index is 0.100. The van der Waals surface area contributed by atoms with Gasteiger partial charge in [-0.2, -0.15) is 0 Å². The molecule has 0 bridgehead atoms. The summed E-state index contributed by atoms with van der Waals surface area (Å²) in [5.41, 5.74) is 1.25. The van der Waals surface area contributed by atoms with E-state index >= 15 is 0 Å². The number of carbonyl (C=O) groups is 1. The van der Waals surface area contributed by atoms with E-state index in [9.17, 15) is 4.79 Å². The van der Waals surface area contributed by atoms with Crippen molar-refractivity contribution in [1.82, 2.24) is 20.4 Å². The zero-order chi connectivity index (χ0) is 19.6. The fraction of sp³-hybridized carbons (Fsp3) is 0.619. The summed E-state index contributed by atoms with van der Waals surface area (Å²) >= 11 is 5.56. The predicted molar refractivity (Wildman–Crippen MR) is 115 cm³/mol. The highest BCUT2D eigenvalue weighted by Gasteiger charge is 2.20. The summed E-state index contributed by atoms with van der Waals surface area (Å²) in [4.78, 5) is 16.7. The van der Waals surface area contributed by atoms with E-state index in [1.54, 1.807) is 0 Å². The quantitative estimate of drug-likeness (QED) is 0.670. The van der Waals surface area contributed by atoms with E-state index in [-0.39, 0.29) is 5.91 Å². The molecule has 0 saturated carbocycles. The van der Waals surface area contributed by atoms with E-state index in [1.165, 1.54) is 5.56 Å². The molecule has 1 aromatic rings. The molecule has 3 rings (SSSR count). The number of hydrogen-bond acceptors (Lipinski definition) is 4. The standard InChI is InChI=1S/C21H32N4O2S/c26-20(22-10-9-18-6-2-1-3-7-18)17-24-11-5-12-25(14-13-24)21(28)23-16-19-8-4-15-27-19/h1-3,6-7,19H,4-5,8-17H2,(H,22,26)(H,23,28). The summed E-state index contributed by atoms with van der Waals surface area (Å²) in [7, 11) is 0. The van der Waals surface area contributed by atoms with Gasteiger partial charge in [0, 0.05) is 45.9 Å². The molecule has 2 heterocycles. The van der Waals surface area contributed by atoms with Gasteiger partial charge in [0.15, 0.2) is 5.11 Å². The molecule has 1 unspecified atom stereocenters. The highest BCUT2D eigenvalue weighted by atomic mass is 32.1. The third-order valence-corrected chi connectivity index (χ3v) is 5.73. The summed E-state index contributed by atoms with van der Waals surface area (Å²) in [6, 6.07) is 10.2. The number of thiocarbonyl (C=S) groups is 1. The average molecular weight is 405 g/mol. The maximum Gasteiger partial charge on any atom is 0.234 e. The molecule has 2 aliphatic heterocycles. The third-order valence-electron chi connectivity index (χ3n) is 5.33. The monoisotopic (exact) mass is 404 g/mol. The molecule has 2 aliphatic rings. The molecule has 0 aliphatic carbocycles. The van der Waals surface area contributed by atoms with Crippen LogP contribution in [0.5, 0.6) is 0 Å². The van der Waals surface area contributed by atoms with Crippen molar-refractivity contribution >= 4 is 23.2 Å². The molecular formula is C21H32N4O2S. The lowest BCUT2D eigenvalue weighted by Crippen LogP contribution is -2.44. The van der Waals surface area contributed by atoms with Crippen LogP contribution in [-0.4, -0.2) is 79.3 Å². The second kappa shape index (κ2) is 11.3. The van der Waals surface area contributed by atoms with Crippen LogP contribution in [0.15, 0.2) is 30.3 Å². The first-order valence-electron chi connectivity index (χ1n) is 10.4. The molecule has 28 heavy (non-hydrogen) atoms. The minimum Gasteiger partial charge on any atom is -0.376 e. The van der Waals surface area contributed by atoms with E-state index in [0.29, 0.717) is 19.2 Å². The summed E-state index contributed by atoms with van der Waals surface area (Å²) < 4.78 is 5.64. The van der Waals surface area contributed by atoms with Crippen LogP contribution in [0.4, 0.5) is 0 Å². The Morgan fingerprint density at radius 3 is 2.75 bits per heavy atom. The van der Waals surface area contributed by atoms with Gasteiger partial charge in [-0.25, -0.2) is 0 Å². The first kappa shape index (κ1) is 21.0. The van der Waals surface area contributed by atoms with Gasteiger partial charge in [-0.15, -0.1) is 0 Å². The van der Waals surface area contributed by atoms with Crippen LogP contribution in [0.1, 0.15) is 24.8 Å². The van der Waals surface area contributed by atoms with Crippen molar-refractivity contribution < 1.29 is 9.53 Å². The Morgan fingerprint density at radius 2 is 1.96 bits per heavy atom. The molecule has 2 saturated heterocycles. The van der Waals surface area contributed by atoms with E-state index in [1.807, 2.05) is 18.2 Å². The Bertz CT molecular complexity index is 622. The van der Waals surface area contributed by atoms with Crippen molar-refractivity contribution in [2.24, 2.45) is 0 Å². The SMILES string of the molecule is O=C(CN1CCCN(C(=S)NCC2CCCO2)CC1)NCCc1ccccc1.